The highest BCUT2D eigenvalue weighted by Gasteiger charge is 2.22. The predicted molar refractivity (Wildman–Crippen MR) is 61.7 cm³/mol. The van der Waals surface area contributed by atoms with Crippen LogP contribution in [0.4, 0.5) is 0 Å². The molecule has 0 aromatic heterocycles. The molecule has 5 nitrogen and oxygen atoms in total. The van der Waals surface area contributed by atoms with E-state index in [4.69, 9.17) is 21.1 Å². The molecule has 0 bridgehead atoms. The third-order valence-electron chi connectivity index (χ3n) is 2.63. The molecule has 0 fully saturated rings. The second kappa shape index (κ2) is 3.92. The lowest BCUT2D eigenvalue weighted by Gasteiger charge is -2.09. The number of rotatable bonds is 2. The summed E-state index contributed by atoms with van der Waals surface area (Å²) in [4.78, 5) is 0. The van der Waals surface area contributed by atoms with E-state index in [0.717, 1.165) is 17.7 Å². The fourth-order valence-corrected chi connectivity index (χ4v) is 1.88. The summed E-state index contributed by atoms with van der Waals surface area (Å²) < 4.78 is 10.9. The van der Waals surface area contributed by atoms with Crippen LogP contribution in [0.3, 0.4) is 0 Å². The molecule has 86 valence electrons. The Balaban J connectivity index is 2.51. The van der Waals surface area contributed by atoms with Crippen LogP contribution in [0.1, 0.15) is 18.1 Å². The summed E-state index contributed by atoms with van der Waals surface area (Å²) in [6, 6.07) is 3.75. The van der Waals surface area contributed by atoms with Gasteiger partial charge >= 0.3 is 0 Å². The SMILES string of the molecule is COc1cc2c(cc1/C(N)=N/N)OC(C)C2. The van der Waals surface area contributed by atoms with Crippen LogP contribution in [0, 0.1) is 0 Å². The average molecular weight is 221 g/mol. The number of fused-ring (bicyclic) bond motifs is 1. The van der Waals surface area contributed by atoms with Crippen LogP contribution in [0.2, 0.25) is 0 Å². The van der Waals surface area contributed by atoms with Gasteiger partial charge in [-0.3, -0.25) is 0 Å². The topological polar surface area (TPSA) is 82.9 Å². The number of hydrogen-bond acceptors (Lipinski definition) is 4. The molecule has 1 unspecified atom stereocenters. The number of nitrogens with two attached hydrogens (primary N) is 2. The van der Waals surface area contributed by atoms with Gasteiger partial charge in [0.1, 0.15) is 17.6 Å². The first-order valence-corrected chi connectivity index (χ1v) is 5.07. The monoisotopic (exact) mass is 221 g/mol. The smallest absolute Gasteiger partial charge is 0.154 e. The molecule has 5 heteroatoms. The van der Waals surface area contributed by atoms with Gasteiger partial charge in [0.05, 0.1) is 12.7 Å². The molecule has 1 heterocycles. The number of benzene rings is 1. The predicted octanol–water partition coefficient (Wildman–Crippen LogP) is 0.598. The van der Waals surface area contributed by atoms with Crippen LogP contribution in [-0.4, -0.2) is 19.0 Å². The van der Waals surface area contributed by atoms with Crippen molar-refractivity contribution in [3.63, 3.8) is 0 Å². The minimum atomic E-state index is 0.186. The van der Waals surface area contributed by atoms with E-state index in [2.05, 4.69) is 5.10 Å². The molecular weight excluding hydrogens is 206 g/mol. The average Bonchev–Trinajstić information content (AvgIpc) is 2.65. The van der Waals surface area contributed by atoms with Crippen molar-refractivity contribution in [3.05, 3.63) is 23.3 Å². The van der Waals surface area contributed by atoms with E-state index in [0.29, 0.717) is 11.3 Å². The number of ether oxygens (including phenoxy) is 2. The van der Waals surface area contributed by atoms with Gasteiger partial charge in [-0.15, -0.1) is 0 Å². The minimum absolute atomic E-state index is 0.186. The Kier molecular flexibility index (Phi) is 2.60. The molecule has 0 radical (unpaired) electrons. The van der Waals surface area contributed by atoms with Crippen molar-refractivity contribution >= 4 is 5.84 Å². The molecule has 0 aliphatic carbocycles. The maximum atomic E-state index is 5.69. The highest BCUT2D eigenvalue weighted by molar-refractivity contribution is 6.00. The normalized spacial score (nSPS) is 19.1. The van der Waals surface area contributed by atoms with E-state index in [9.17, 15) is 0 Å². The van der Waals surface area contributed by atoms with Crippen molar-refractivity contribution in [1.82, 2.24) is 0 Å². The van der Waals surface area contributed by atoms with E-state index < -0.39 is 0 Å². The molecule has 0 saturated heterocycles. The summed E-state index contributed by atoms with van der Waals surface area (Å²) in [5, 5.41) is 3.47. The standard InChI is InChI=1S/C11H15N3O2/c1-6-3-7-4-10(15-2)8(11(12)14-13)5-9(7)16-6/h4-6H,3,13H2,1-2H3,(H2,12,14). The van der Waals surface area contributed by atoms with E-state index in [1.807, 2.05) is 19.1 Å². The van der Waals surface area contributed by atoms with Gasteiger partial charge in [-0.1, -0.05) is 0 Å². The first kappa shape index (κ1) is 10.6. The van der Waals surface area contributed by atoms with Gasteiger partial charge in [0.2, 0.25) is 0 Å². The summed E-state index contributed by atoms with van der Waals surface area (Å²) in [6.07, 6.45) is 1.07. The van der Waals surface area contributed by atoms with E-state index in [1.165, 1.54) is 0 Å². The van der Waals surface area contributed by atoms with Crippen molar-refractivity contribution < 1.29 is 9.47 Å². The molecule has 16 heavy (non-hydrogen) atoms. The highest BCUT2D eigenvalue weighted by atomic mass is 16.5. The Labute approximate surface area is 94.0 Å². The molecule has 0 spiro atoms. The third kappa shape index (κ3) is 1.64. The van der Waals surface area contributed by atoms with Crippen molar-refractivity contribution in [2.24, 2.45) is 16.7 Å². The van der Waals surface area contributed by atoms with Crippen LogP contribution in [-0.2, 0) is 6.42 Å². The number of hydrazone groups is 1. The summed E-state index contributed by atoms with van der Waals surface area (Å²) in [5.41, 5.74) is 7.48. The van der Waals surface area contributed by atoms with Crippen LogP contribution in [0.5, 0.6) is 11.5 Å². The van der Waals surface area contributed by atoms with Crippen molar-refractivity contribution in [1.29, 1.82) is 0 Å². The fourth-order valence-electron chi connectivity index (χ4n) is 1.88. The van der Waals surface area contributed by atoms with Gasteiger partial charge in [0.15, 0.2) is 5.84 Å². The zero-order valence-corrected chi connectivity index (χ0v) is 9.36. The Hall–Kier alpha value is -1.91. The molecule has 0 saturated carbocycles. The minimum Gasteiger partial charge on any atom is -0.496 e. The third-order valence-corrected chi connectivity index (χ3v) is 2.63. The Morgan fingerprint density at radius 2 is 2.31 bits per heavy atom. The molecule has 2 rings (SSSR count). The van der Waals surface area contributed by atoms with Crippen LogP contribution in [0.15, 0.2) is 17.2 Å². The zero-order chi connectivity index (χ0) is 11.7. The Morgan fingerprint density at radius 1 is 1.56 bits per heavy atom. The first-order chi connectivity index (χ1) is 7.65. The molecule has 1 aromatic carbocycles. The second-order valence-electron chi connectivity index (χ2n) is 3.81. The summed E-state index contributed by atoms with van der Waals surface area (Å²) in [5.74, 6) is 6.90. The molecule has 4 N–H and O–H groups in total. The lowest BCUT2D eigenvalue weighted by atomic mass is 10.1. The summed E-state index contributed by atoms with van der Waals surface area (Å²) in [7, 11) is 1.59. The maximum Gasteiger partial charge on any atom is 0.154 e. The van der Waals surface area contributed by atoms with Gasteiger partial charge in [0.25, 0.3) is 0 Å². The molecule has 0 amide bonds. The fraction of sp³-hybridized carbons (Fsp3) is 0.364. The zero-order valence-electron chi connectivity index (χ0n) is 9.36. The Bertz CT molecular complexity index is 443. The number of hydrogen-bond donors (Lipinski definition) is 2. The highest BCUT2D eigenvalue weighted by Crippen LogP contribution is 2.34. The number of nitrogens with zero attached hydrogens (tertiary/aromatic N) is 1. The quantitative estimate of drug-likeness (QED) is 0.331. The maximum absolute atomic E-state index is 5.69. The van der Waals surface area contributed by atoms with Gasteiger partial charge < -0.3 is 21.1 Å². The second-order valence-corrected chi connectivity index (χ2v) is 3.81. The first-order valence-electron chi connectivity index (χ1n) is 5.07. The van der Waals surface area contributed by atoms with E-state index in [1.54, 1.807) is 7.11 Å². The van der Waals surface area contributed by atoms with Gasteiger partial charge in [-0.05, 0) is 19.1 Å². The Morgan fingerprint density at radius 3 is 2.94 bits per heavy atom. The van der Waals surface area contributed by atoms with Gasteiger partial charge in [-0.2, -0.15) is 5.10 Å². The van der Waals surface area contributed by atoms with Crippen molar-refractivity contribution in [2.45, 2.75) is 19.4 Å². The molecular formula is C11H15N3O2. The molecule has 1 aromatic rings. The molecule has 1 atom stereocenters. The van der Waals surface area contributed by atoms with Crippen molar-refractivity contribution in [2.75, 3.05) is 7.11 Å². The van der Waals surface area contributed by atoms with E-state index in [-0.39, 0.29) is 11.9 Å². The van der Waals surface area contributed by atoms with Gasteiger partial charge in [0, 0.05) is 12.0 Å². The lowest BCUT2D eigenvalue weighted by Crippen LogP contribution is -2.16. The van der Waals surface area contributed by atoms with Crippen molar-refractivity contribution in [3.8, 4) is 11.5 Å². The summed E-state index contributed by atoms with van der Waals surface area (Å²) >= 11 is 0. The number of amidine groups is 1. The number of methoxy groups -OCH3 is 1. The van der Waals surface area contributed by atoms with Crippen LogP contribution in [0.25, 0.3) is 0 Å². The van der Waals surface area contributed by atoms with E-state index >= 15 is 0 Å². The van der Waals surface area contributed by atoms with Crippen LogP contribution < -0.4 is 21.1 Å². The van der Waals surface area contributed by atoms with Gasteiger partial charge in [-0.25, -0.2) is 0 Å². The lowest BCUT2D eigenvalue weighted by molar-refractivity contribution is 0.254. The summed E-state index contributed by atoms with van der Waals surface area (Å²) in [6.45, 7) is 2.02. The molecule has 1 aliphatic heterocycles. The molecule has 1 aliphatic rings. The largest absolute Gasteiger partial charge is 0.496 e. The van der Waals surface area contributed by atoms with Crippen LogP contribution >= 0.6 is 0 Å².